The smallest absolute Gasteiger partial charge is 0.123 e. The molecule has 0 aromatic heterocycles. The number of benzene rings is 1. The summed E-state index contributed by atoms with van der Waals surface area (Å²) in [6.45, 7) is 5.50. The van der Waals surface area contributed by atoms with Crippen LogP contribution in [0, 0.1) is 11.8 Å². The maximum atomic E-state index is 5.60. The van der Waals surface area contributed by atoms with E-state index < -0.39 is 0 Å². The lowest BCUT2D eigenvalue weighted by Crippen LogP contribution is -2.18. The average molecular weight is 201 g/mol. The third-order valence-electron chi connectivity index (χ3n) is 2.63. The van der Waals surface area contributed by atoms with Crippen molar-refractivity contribution in [3.8, 4) is 17.6 Å². The summed E-state index contributed by atoms with van der Waals surface area (Å²) < 4.78 is 5.60. The number of hydrogen-bond donors (Lipinski definition) is 1. The highest BCUT2D eigenvalue weighted by molar-refractivity contribution is 5.49. The van der Waals surface area contributed by atoms with Crippen molar-refractivity contribution in [3.63, 3.8) is 0 Å². The molecule has 1 heterocycles. The summed E-state index contributed by atoms with van der Waals surface area (Å²) in [5.41, 5.74) is 7.69. The van der Waals surface area contributed by atoms with Gasteiger partial charge in [-0.05, 0) is 18.2 Å². The molecule has 1 aromatic carbocycles. The van der Waals surface area contributed by atoms with Gasteiger partial charge in [-0.25, -0.2) is 0 Å². The SMILES string of the molecule is CC1(C)COc2ccc(C#CCN)cc21. The van der Waals surface area contributed by atoms with E-state index in [0.717, 1.165) is 17.9 Å². The largest absolute Gasteiger partial charge is 0.492 e. The predicted molar refractivity (Wildman–Crippen MR) is 60.9 cm³/mol. The second kappa shape index (κ2) is 3.60. The van der Waals surface area contributed by atoms with E-state index >= 15 is 0 Å². The zero-order valence-electron chi connectivity index (χ0n) is 9.13. The van der Waals surface area contributed by atoms with Crippen molar-refractivity contribution >= 4 is 0 Å². The third-order valence-corrected chi connectivity index (χ3v) is 2.63. The molecule has 0 unspecified atom stereocenters. The highest BCUT2D eigenvalue weighted by Gasteiger charge is 2.31. The van der Waals surface area contributed by atoms with Crippen LogP contribution in [0.2, 0.25) is 0 Å². The minimum atomic E-state index is 0.0930. The summed E-state index contributed by atoms with van der Waals surface area (Å²) in [5.74, 6) is 6.89. The zero-order chi connectivity index (χ0) is 10.9. The monoisotopic (exact) mass is 201 g/mol. The summed E-state index contributed by atoms with van der Waals surface area (Å²) in [7, 11) is 0. The van der Waals surface area contributed by atoms with Crippen molar-refractivity contribution in [2.75, 3.05) is 13.2 Å². The van der Waals surface area contributed by atoms with Crippen LogP contribution >= 0.6 is 0 Å². The molecule has 0 aliphatic carbocycles. The average Bonchev–Trinajstić information content (AvgIpc) is 2.52. The Balaban J connectivity index is 2.41. The van der Waals surface area contributed by atoms with E-state index in [0.29, 0.717) is 6.54 Å². The Kier molecular flexibility index (Phi) is 2.42. The Morgan fingerprint density at radius 2 is 2.27 bits per heavy atom. The Bertz CT molecular complexity index is 438. The minimum Gasteiger partial charge on any atom is -0.492 e. The lowest BCUT2D eigenvalue weighted by molar-refractivity contribution is 0.291. The standard InChI is InChI=1S/C13H15NO/c1-13(2)9-15-12-6-5-10(4-3-7-14)8-11(12)13/h5-6,8H,7,9,14H2,1-2H3. The Labute approximate surface area is 90.4 Å². The van der Waals surface area contributed by atoms with Crippen LogP contribution < -0.4 is 10.5 Å². The zero-order valence-corrected chi connectivity index (χ0v) is 9.13. The number of fused-ring (bicyclic) bond motifs is 1. The van der Waals surface area contributed by atoms with Gasteiger partial charge in [-0.2, -0.15) is 0 Å². The van der Waals surface area contributed by atoms with Gasteiger partial charge in [-0.3, -0.25) is 0 Å². The first-order chi connectivity index (χ1) is 7.13. The quantitative estimate of drug-likeness (QED) is 0.648. The van der Waals surface area contributed by atoms with E-state index in [1.807, 2.05) is 12.1 Å². The van der Waals surface area contributed by atoms with Gasteiger partial charge in [0.15, 0.2) is 0 Å². The highest BCUT2D eigenvalue weighted by Crippen LogP contribution is 2.38. The minimum absolute atomic E-state index is 0.0930. The molecule has 0 fully saturated rings. The molecule has 1 aliphatic heterocycles. The second-order valence-corrected chi connectivity index (χ2v) is 4.39. The lowest BCUT2D eigenvalue weighted by atomic mass is 9.86. The normalized spacial score (nSPS) is 16.2. The van der Waals surface area contributed by atoms with E-state index in [9.17, 15) is 0 Å². The van der Waals surface area contributed by atoms with Gasteiger partial charge in [-0.15, -0.1) is 0 Å². The fourth-order valence-electron chi connectivity index (χ4n) is 1.75. The van der Waals surface area contributed by atoms with Crippen LogP contribution in [-0.4, -0.2) is 13.2 Å². The van der Waals surface area contributed by atoms with E-state index in [4.69, 9.17) is 10.5 Å². The summed E-state index contributed by atoms with van der Waals surface area (Å²) >= 11 is 0. The van der Waals surface area contributed by atoms with Gasteiger partial charge in [0, 0.05) is 16.5 Å². The number of ether oxygens (including phenoxy) is 1. The molecule has 2 N–H and O–H groups in total. The number of hydrogen-bond acceptors (Lipinski definition) is 2. The molecule has 2 heteroatoms. The third kappa shape index (κ3) is 1.84. The second-order valence-electron chi connectivity index (χ2n) is 4.39. The van der Waals surface area contributed by atoms with Gasteiger partial charge in [0.05, 0.1) is 13.2 Å². The molecule has 2 rings (SSSR count). The topological polar surface area (TPSA) is 35.2 Å². The highest BCUT2D eigenvalue weighted by atomic mass is 16.5. The van der Waals surface area contributed by atoms with Gasteiger partial charge >= 0.3 is 0 Å². The molecule has 1 aromatic rings. The van der Waals surface area contributed by atoms with Crippen LogP contribution in [0.25, 0.3) is 0 Å². The molecule has 0 atom stereocenters. The number of nitrogens with two attached hydrogens (primary N) is 1. The molecule has 1 aliphatic rings. The molecule has 15 heavy (non-hydrogen) atoms. The van der Waals surface area contributed by atoms with Gasteiger partial charge < -0.3 is 10.5 Å². The summed E-state index contributed by atoms with van der Waals surface area (Å²) in [6, 6.07) is 6.07. The van der Waals surface area contributed by atoms with Crippen LogP contribution in [0.1, 0.15) is 25.0 Å². The van der Waals surface area contributed by atoms with E-state index in [1.165, 1.54) is 5.56 Å². The first kappa shape index (κ1) is 10.1. The van der Waals surface area contributed by atoms with Crippen molar-refractivity contribution in [1.82, 2.24) is 0 Å². The Morgan fingerprint density at radius 1 is 1.47 bits per heavy atom. The van der Waals surface area contributed by atoms with E-state index in [1.54, 1.807) is 0 Å². The fraction of sp³-hybridized carbons (Fsp3) is 0.385. The van der Waals surface area contributed by atoms with Crippen molar-refractivity contribution in [2.24, 2.45) is 5.73 Å². The predicted octanol–water partition coefficient (Wildman–Crippen LogP) is 1.67. The molecule has 0 spiro atoms. The Morgan fingerprint density at radius 3 is 3.00 bits per heavy atom. The van der Waals surface area contributed by atoms with Crippen LogP contribution in [0.4, 0.5) is 0 Å². The van der Waals surface area contributed by atoms with Crippen molar-refractivity contribution in [3.05, 3.63) is 29.3 Å². The molecule has 78 valence electrons. The molecular weight excluding hydrogens is 186 g/mol. The van der Waals surface area contributed by atoms with Crippen LogP contribution in [-0.2, 0) is 5.41 Å². The Hall–Kier alpha value is -1.46. The summed E-state index contributed by atoms with van der Waals surface area (Å²) in [5, 5.41) is 0. The van der Waals surface area contributed by atoms with E-state index in [-0.39, 0.29) is 5.41 Å². The maximum absolute atomic E-state index is 5.60. The van der Waals surface area contributed by atoms with Gasteiger partial charge in [0.25, 0.3) is 0 Å². The van der Waals surface area contributed by atoms with Crippen molar-refractivity contribution in [1.29, 1.82) is 0 Å². The maximum Gasteiger partial charge on any atom is 0.123 e. The van der Waals surface area contributed by atoms with Crippen LogP contribution in [0.15, 0.2) is 18.2 Å². The fourth-order valence-corrected chi connectivity index (χ4v) is 1.75. The molecular formula is C13H15NO. The van der Waals surface area contributed by atoms with Gasteiger partial charge in [0.1, 0.15) is 5.75 Å². The molecule has 0 radical (unpaired) electrons. The molecule has 0 bridgehead atoms. The lowest BCUT2D eigenvalue weighted by Gasteiger charge is -2.14. The first-order valence-electron chi connectivity index (χ1n) is 5.10. The van der Waals surface area contributed by atoms with E-state index in [2.05, 4.69) is 31.8 Å². The van der Waals surface area contributed by atoms with Gasteiger partial charge in [0.2, 0.25) is 0 Å². The van der Waals surface area contributed by atoms with Crippen LogP contribution in [0.5, 0.6) is 5.75 Å². The first-order valence-corrected chi connectivity index (χ1v) is 5.10. The van der Waals surface area contributed by atoms with Crippen molar-refractivity contribution < 1.29 is 4.74 Å². The summed E-state index contributed by atoms with van der Waals surface area (Å²) in [6.07, 6.45) is 0. The van der Waals surface area contributed by atoms with Crippen molar-refractivity contribution in [2.45, 2.75) is 19.3 Å². The number of rotatable bonds is 0. The molecule has 2 nitrogen and oxygen atoms in total. The van der Waals surface area contributed by atoms with Gasteiger partial charge in [-0.1, -0.05) is 25.7 Å². The van der Waals surface area contributed by atoms with Crippen LogP contribution in [0.3, 0.4) is 0 Å². The summed E-state index contributed by atoms with van der Waals surface area (Å²) in [4.78, 5) is 0. The molecule has 0 saturated heterocycles. The molecule has 0 saturated carbocycles. The molecule has 0 amide bonds.